The van der Waals surface area contributed by atoms with Crippen LogP contribution in [0.15, 0.2) is 45.2 Å². The van der Waals surface area contributed by atoms with E-state index in [2.05, 4.69) is 15.5 Å². The van der Waals surface area contributed by atoms with Crippen molar-refractivity contribution in [2.24, 2.45) is 0 Å². The number of nitrogens with one attached hydrogen (secondary N) is 1. The van der Waals surface area contributed by atoms with Crippen LogP contribution in [0.4, 0.5) is 0 Å². The molecule has 0 bridgehead atoms. The lowest BCUT2D eigenvalue weighted by molar-refractivity contribution is -0.118. The van der Waals surface area contributed by atoms with Gasteiger partial charge in [0.05, 0.1) is 18.4 Å². The molecule has 0 fully saturated rings. The number of amides is 1. The van der Waals surface area contributed by atoms with Gasteiger partial charge in [-0.05, 0) is 61.6 Å². The van der Waals surface area contributed by atoms with Crippen molar-refractivity contribution in [3.05, 3.63) is 47.2 Å². The van der Waals surface area contributed by atoms with Crippen LogP contribution in [0.2, 0.25) is 5.02 Å². The van der Waals surface area contributed by atoms with E-state index in [-0.39, 0.29) is 17.8 Å². The summed E-state index contributed by atoms with van der Waals surface area (Å²) < 4.78 is 11.9. The van der Waals surface area contributed by atoms with Crippen molar-refractivity contribution >= 4 is 40.6 Å². The zero-order valence-electron chi connectivity index (χ0n) is 14.8. The van der Waals surface area contributed by atoms with Gasteiger partial charge in [0.15, 0.2) is 4.34 Å². The Balaban J connectivity index is 1.45. The molecule has 0 atom stereocenters. The molecule has 2 aromatic heterocycles. The van der Waals surface area contributed by atoms with Gasteiger partial charge in [-0.3, -0.25) is 4.79 Å². The standard InChI is InChI=1S/C18H18ClN3O3S2/c1-11(2)24-17-21-22-18(27-17)26-10-16(23)20-9-14-7-8-15(25-14)12-3-5-13(19)6-4-12/h3-8,11H,9-10H2,1-2H3,(H,20,23). The Hall–Kier alpha value is -2.03. The molecule has 1 aromatic carbocycles. The summed E-state index contributed by atoms with van der Waals surface area (Å²) in [7, 11) is 0. The topological polar surface area (TPSA) is 77.2 Å². The van der Waals surface area contributed by atoms with Gasteiger partial charge >= 0.3 is 0 Å². The summed E-state index contributed by atoms with van der Waals surface area (Å²) in [6, 6.07) is 11.1. The van der Waals surface area contributed by atoms with E-state index in [0.717, 1.165) is 11.3 Å². The lowest BCUT2D eigenvalue weighted by Crippen LogP contribution is -2.24. The zero-order valence-corrected chi connectivity index (χ0v) is 17.2. The van der Waals surface area contributed by atoms with Crippen LogP contribution >= 0.6 is 34.7 Å². The molecule has 0 aliphatic rings. The first-order valence-electron chi connectivity index (χ1n) is 8.24. The van der Waals surface area contributed by atoms with E-state index in [9.17, 15) is 4.79 Å². The Morgan fingerprint density at radius 2 is 2.04 bits per heavy atom. The highest BCUT2D eigenvalue weighted by Gasteiger charge is 2.11. The fourth-order valence-corrected chi connectivity index (χ4v) is 3.87. The van der Waals surface area contributed by atoms with Gasteiger partial charge < -0.3 is 14.5 Å². The molecule has 3 rings (SSSR count). The van der Waals surface area contributed by atoms with Crippen LogP contribution in [0.5, 0.6) is 5.19 Å². The van der Waals surface area contributed by atoms with Crippen LogP contribution in [0.1, 0.15) is 19.6 Å². The monoisotopic (exact) mass is 423 g/mol. The Kier molecular flexibility index (Phi) is 6.76. The fourth-order valence-electron chi connectivity index (χ4n) is 2.11. The van der Waals surface area contributed by atoms with E-state index in [4.69, 9.17) is 20.8 Å². The number of hydrogen-bond donors (Lipinski definition) is 1. The molecular formula is C18H18ClN3O3S2. The molecule has 1 amide bonds. The van der Waals surface area contributed by atoms with Gasteiger partial charge in [0.1, 0.15) is 11.5 Å². The van der Waals surface area contributed by atoms with Gasteiger partial charge in [-0.25, -0.2) is 0 Å². The average molecular weight is 424 g/mol. The molecule has 2 heterocycles. The number of ether oxygens (including phenoxy) is 1. The van der Waals surface area contributed by atoms with Crippen LogP contribution in [0, 0.1) is 0 Å². The lowest BCUT2D eigenvalue weighted by atomic mass is 10.2. The molecule has 0 saturated heterocycles. The van der Waals surface area contributed by atoms with Gasteiger partial charge in [0.2, 0.25) is 5.91 Å². The molecule has 3 aromatic rings. The summed E-state index contributed by atoms with van der Waals surface area (Å²) in [4.78, 5) is 12.0. The van der Waals surface area contributed by atoms with E-state index in [0.29, 0.717) is 26.9 Å². The molecule has 9 heteroatoms. The predicted molar refractivity (Wildman–Crippen MR) is 107 cm³/mol. The maximum atomic E-state index is 12.0. The smallest absolute Gasteiger partial charge is 0.295 e. The number of nitrogens with zero attached hydrogens (tertiary/aromatic N) is 2. The third-order valence-electron chi connectivity index (χ3n) is 3.30. The van der Waals surface area contributed by atoms with Crippen LogP contribution < -0.4 is 10.1 Å². The van der Waals surface area contributed by atoms with Crippen molar-refractivity contribution in [3.63, 3.8) is 0 Å². The largest absolute Gasteiger partial charge is 0.466 e. The maximum absolute atomic E-state index is 12.0. The van der Waals surface area contributed by atoms with Crippen molar-refractivity contribution in [1.82, 2.24) is 15.5 Å². The van der Waals surface area contributed by atoms with E-state index < -0.39 is 0 Å². The predicted octanol–water partition coefficient (Wildman–Crippen LogP) is 4.65. The minimum atomic E-state index is -0.106. The SMILES string of the molecule is CC(C)Oc1nnc(SCC(=O)NCc2ccc(-c3ccc(Cl)cc3)o2)s1. The highest BCUT2D eigenvalue weighted by molar-refractivity contribution is 8.01. The molecule has 0 aliphatic carbocycles. The molecule has 0 radical (unpaired) electrons. The minimum absolute atomic E-state index is 0.0464. The quantitative estimate of drug-likeness (QED) is 0.531. The van der Waals surface area contributed by atoms with Gasteiger partial charge in [0.25, 0.3) is 5.19 Å². The van der Waals surface area contributed by atoms with Crippen molar-refractivity contribution in [1.29, 1.82) is 0 Å². The van der Waals surface area contributed by atoms with Crippen molar-refractivity contribution < 1.29 is 13.9 Å². The van der Waals surface area contributed by atoms with E-state index in [1.807, 2.05) is 50.2 Å². The first-order chi connectivity index (χ1) is 13.0. The number of carbonyl (C=O) groups is 1. The number of furan rings is 1. The third-order valence-corrected chi connectivity index (χ3v) is 5.50. The zero-order chi connectivity index (χ0) is 19.2. The number of aromatic nitrogens is 2. The van der Waals surface area contributed by atoms with Crippen LogP contribution in [0.3, 0.4) is 0 Å². The highest BCUT2D eigenvalue weighted by Crippen LogP contribution is 2.27. The van der Waals surface area contributed by atoms with Gasteiger partial charge in [0, 0.05) is 10.6 Å². The highest BCUT2D eigenvalue weighted by atomic mass is 35.5. The molecular weight excluding hydrogens is 406 g/mol. The maximum Gasteiger partial charge on any atom is 0.295 e. The average Bonchev–Trinajstić information content (AvgIpc) is 3.28. The Bertz CT molecular complexity index is 893. The lowest BCUT2D eigenvalue weighted by Gasteiger charge is -2.03. The molecule has 0 unspecified atom stereocenters. The second-order valence-electron chi connectivity index (χ2n) is 5.84. The second kappa shape index (κ2) is 9.25. The normalized spacial score (nSPS) is 11.0. The van der Waals surface area contributed by atoms with Crippen molar-refractivity contribution in [3.8, 4) is 16.5 Å². The molecule has 6 nitrogen and oxygen atoms in total. The fraction of sp³-hybridized carbons (Fsp3) is 0.278. The summed E-state index contributed by atoms with van der Waals surface area (Å²) in [6.45, 7) is 4.17. The van der Waals surface area contributed by atoms with Crippen LogP contribution in [-0.4, -0.2) is 28.0 Å². The van der Waals surface area contributed by atoms with Crippen molar-refractivity contribution in [2.45, 2.75) is 30.8 Å². The molecule has 0 saturated carbocycles. The summed E-state index contributed by atoms with van der Waals surface area (Å²) >= 11 is 8.55. The number of hydrogen-bond acceptors (Lipinski definition) is 7. The number of rotatable bonds is 8. The summed E-state index contributed by atoms with van der Waals surface area (Å²) in [5, 5.41) is 12.0. The van der Waals surface area contributed by atoms with E-state index in [1.165, 1.54) is 23.1 Å². The third kappa shape index (κ3) is 5.98. The van der Waals surface area contributed by atoms with Gasteiger partial charge in [-0.15, -0.1) is 5.10 Å². The molecule has 27 heavy (non-hydrogen) atoms. The summed E-state index contributed by atoms with van der Waals surface area (Å²) in [5.74, 6) is 1.56. The summed E-state index contributed by atoms with van der Waals surface area (Å²) in [5.41, 5.74) is 0.934. The molecule has 0 aliphatic heterocycles. The van der Waals surface area contributed by atoms with Crippen LogP contribution in [0.25, 0.3) is 11.3 Å². The van der Waals surface area contributed by atoms with Gasteiger partial charge in [-0.1, -0.05) is 28.5 Å². The molecule has 1 N–H and O–H groups in total. The van der Waals surface area contributed by atoms with Crippen LogP contribution in [-0.2, 0) is 11.3 Å². The Morgan fingerprint density at radius 3 is 2.78 bits per heavy atom. The second-order valence-corrected chi connectivity index (χ2v) is 8.44. The minimum Gasteiger partial charge on any atom is -0.466 e. The molecule has 142 valence electrons. The first-order valence-corrected chi connectivity index (χ1v) is 10.4. The number of carbonyl (C=O) groups excluding carboxylic acids is 1. The van der Waals surface area contributed by atoms with Crippen molar-refractivity contribution in [2.75, 3.05) is 5.75 Å². The Labute approximate surface area is 170 Å². The van der Waals surface area contributed by atoms with Gasteiger partial charge in [-0.2, -0.15) is 0 Å². The number of benzene rings is 1. The van der Waals surface area contributed by atoms with E-state index >= 15 is 0 Å². The number of thioether (sulfide) groups is 1. The van der Waals surface area contributed by atoms with E-state index in [1.54, 1.807) is 0 Å². The number of halogens is 1. The molecule has 0 spiro atoms. The first kappa shape index (κ1) is 19.7. The Morgan fingerprint density at radius 1 is 1.26 bits per heavy atom. The summed E-state index contributed by atoms with van der Waals surface area (Å²) in [6.07, 6.45) is 0.0464.